The van der Waals surface area contributed by atoms with Crippen molar-refractivity contribution in [2.24, 2.45) is 17.8 Å². The Balaban J connectivity index is 1.93. The lowest BCUT2D eigenvalue weighted by molar-refractivity contribution is 0.0997. The Morgan fingerprint density at radius 3 is 2.89 bits per heavy atom. The molecule has 0 aromatic rings. The molecule has 9 heavy (non-hydrogen) atoms. The second-order valence-corrected chi connectivity index (χ2v) is 3.76. The first-order chi connectivity index (χ1) is 4.42. The quantitative estimate of drug-likeness (QED) is 0.504. The first kappa shape index (κ1) is 5.76. The van der Waals surface area contributed by atoms with Gasteiger partial charge in [-0.1, -0.05) is 26.2 Å². The van der Waals surface area contributed by atoms with Gasteiger partial charge in [0.25, 0.3) is 0 Å². The lowest BCUT2D eigenvalue weighted by Crippen LogP contribution is -2.31. The molecule has 0 spiro atoms. The highest BCUT2D eigenvalue weighted by Gasteiger charge is 2.41. The highest BCUT2D eigenvalue weighted by atomic mass is 14.5. The lowest BCUT2D eigenvalue weighted by Gasteiger charge is -2.40. The molecule has 0 aliphatic heterocycles. The van der Waals surface area contributed by atoms with Crippen LogP contribution in [0.5, 0.6) is 0 Å². The van der Waals surface area contributed by atoms with E-state index in [1.807, 2.05) is 0 Å². The molecule has 3 unspecified atom stereocenters. The van der Waals surface area contributed by atoms with Gasteiger partial charge in [-0.05, 0) is 30.6 Å². The van der Waals surface area contributed by atoms with E-state index in [9.17, 15) is 0 Å². The van der Waals surface area contributed by atoms with Crippen molar-refractivity contribution in [3.63, 3.8) is 0 Å². The molecule has 0 N–H and O–H groups in total. The maximum atomic E-state index is 2.35. The van der Waals surface area contributed by atoms with E-state index in [1.54, 1.807) is 19.3 Å². The van der Waals surface area contributed by atoms with E-state index in [4.69, 9.17) is 0 Å². The van der Waals surface area contributed by atoms with Crippen molar-refractivity contribution >= 4 is 0 Å². The van der Waals surface area contributed by atoms with Crippen LogP contribution in [0.25, 0.3) is 0 Å². The number of fused-ring (bicyclic) bond motifs is 1. The molecule has 52 valence electrons. The molecule has 0 heteroatoms. The van der Waals surface area contributed by atoms with Crippen molar-refractivity contribution in [1.29, 1.82) is 0 Å². The van der Waals surface area contributed by atoms with Crippen LogP contribution in [-0.4, -0.2) is 0 Å². The molecule has 2 rings (SSSR count). The molecule has 2 aliphatic rings. The van der Waals surface area contributed by atoms with Gasteiger partial charge in [0, 0.05) is 0 Å². The molecular formula is C9H16. The second kappa shape index (κ2) is 2.00. The maximum absolute atomic E-state index is 2.35. The monoisotopic (exact) mass is 124 g/mol. The summed E-state index contributed by atoms with van der Waals surface area (Å²) in [6.07, 6.45) is 7.67. The Morgan fingerprint density at radius 2 is 2.22 bits per heavy atom. The van der Waals surface area contributed by atoms with Crippen LogP contribution in [0.15, 0.2) is 0 Å². The zero-order valence-electron chi connectivity index (χ0n) is 6.27. The van der Waals surface area contributed by atoms with Crippen molar-refractivity contribution in [3.05, 3.63) is 0 Å². The van der Waals surface area contributed by atoms with Gasteiger partial charge in [-0.2, -0.15) is 0 Å². The van der Waals surface area contributed by atoms with Gasteiger partial charge in [-0.25, -0.2) is 0 Å². The summed E-state index contributed by atoms with van der Waals surface area (Å²) in [7, 11) is 0. The minimum atomic E-state index is 1.14. The number of hydrogen-bond donors (Lipinski definition) is 0. The summed E-state index contributed by atoms with van der Waals surface area (Å²) in [5, 5.41) is 0. The van der Waals surface area contributed by atoms with Gasteiger partial charge in [0.05, 0.1) is 0 Å². The van der Waals surface area contributed by atoms with Crippen LogP contribution in [0.2, 0.25) is 0 Å². The summed E-state index contributed by atoms with van der Waals surface area (Å²) < 4.78 is 0. The van der Waals surface area contributed by atoms with Crippen molar-refractivity contribution in [1.82, 2.24) is 0 Å². The zero-order chi connectivity index (χ0) is 6.27. The predicted octanol–water partition coefficient (Wildman–Crippen LogP) is 2.83. The Bertz CT molecular complexity index is 107. The van der Waals surface area contributed by atoms with Crippen LogP contribution in [0, 0.1) is 17.8 Å². The lowest BCUT2D eigenvalue weighted by atomic mass is 9.66. The van der Waals surface area contributed by atoms with Crippen molar-refractivity contribution in [2.45, 2.75) is 39.0 Å². The van der Waals surface area contributed by atoms with E-state index in [-0.39, 0.29) is 0 Å². The third kappa shape index (κ3) is 0.720. The van der Waals surface area contributed by atoms with E-state index in [2.05, 4.69) is 6.92 Å². The van der Waals surface area contributed by atoms with Gasteiger partial charge in [0.2, 0.25) is 0 Å². The van der Waals surface area contributed by atoms with Crippen molar-refractivity contribution in [2.75, 3.05) is 0 Å². The number of hydrogen-bond acceptors (Lipinski definition) is 0. The molecule has 0 bridgehead atoms. The minimum Gasteiger partial charge on any atom is -0.0651 e. The van der Waals surface area contributed by atoms with Crippen LogP contribution in [0.3, 0.4) is 0 Å². The largest absolute Gasteiger partial charge is 0.0651 e. The van der Waals surface area contributed by atoms with E-state index in [0.29, 0.717) is 0 Å². The average molecular weight is 124 g/mol. The first-order valence-corrected chi connectivity index (χ1v) is 4.42. The fourth-order valence-electron chi connectivity index (χ4n) is 2.82. The Kier molecular flexibility index (Phi) is 1.28. The Morgan fingerprint density at radius 1 is 1.33 bits per heavy atom. The molecule has 2 fully saturated rings. The van der Waals surface area contributed by atoms with Crippen LogP contribution in [0.1, 0.15) is 39.0 Å². The van der Waals surface area contributed by atoms with E-state index >= 15 is 0 Å². The summed E-state index contributed by atoms with van der Waals surface area (Å²) in [6.45, 7) is 2.35. The van der Waals surface area contributed by atoms with Crippen molar-refractivity contribution in [3.8, 4) is 0 Å². The molecule has 2 saturated carbocycles. The maximum Gasteiger partial charge on any atom is -0.0357 e. The average Bonchev–Trinajstić information content (AvgIpc) is 2.14. The Hall–Kier alpha value is 0. The van der Waals surface area contributed by atoms with Gasteiger partial charge >= 0.3 is 0 Å². The van der Waals surface area contributed by atoms with Gasteiger partial charge in [0.1, 0.15) is 0 Å². The molecule has 0 heterocycles. The molecule has 3 atom stereocenters. The van der Waals surface area contributed by atoms with Crippen LogP contribution in [-0.2, 0) is 0 Å². The zero-order valence-corrected chi connectivity index (χ0v) is 6.27. The topological polar surface area (TPSA) is 0 Å². The summed E-state index contributed by atoms with van der Waals surface area (Å²) >= 11 is 0. The standard InChI is InChI=1S/C9H16/c1-2-7-6-8-4-3-5-9(7)8/h7-9H,2-6H2,1H3. The van der Waals surface area contributed by atoms with Gasteiger partial charge < -0.3 is 0 Å². The highest BCUT2D eigenvalue weighted by molar-refractivity contribution is 4.92. The van der Waals surface area contributed by atoms with Crippen LogP contribution in [0.4, 0.5) is 0 Å². The number of rotatable bonds is 1. The van der Waals surface area contributed by atoms with E-state index in [1.165, 1.54) is 24.7 Å². The summed E-state index contributed by atoms with van der Waals surface area (Å²) in [5.41, 5.74) is 0. The summed E-state index contributed by atoms with van der Waals surface area (Å²) in [5.74, 6) is 3.49. The molecule has 0 nitrogen and oxygen atoms in total. The van der Waals surface area contributed by atoms with Crippen LogP contribution < -0.4 is 0 Å². The van der Waals surface area contributed by atoms with Crippen molar-refractivity contribution < 1.29 is 0 Å². The Labute approximate surface area is 57.6 Å². The summed E-state index contributed by atoms with van der Waals surface area (Å²) in [6, 6.07) is 0. The highest BCUT2D eigenvalue weighted by Crippen LogP contribution is 2.52. The molecule has 0 amide bonds. The fraction of sp³-hybridized carbons (Fsp3) is 1.00. The molecule has 0 aromatic carbocycles. The SMILES string of the molecule is CCC1CC2CCCC12. The predicted molar refractivity (Wildman–Crippen MR) is 39.2 cm³/mol. The van der Waals surface area contributed by atoms with Crippen LogP contribution >= 0.6 is 0 Å². The first-order valence-electron chi connectivity index (χ1n) is 4.42. The third-order valence-corrected chi connectivity index (χ3v) is 3.45. The summed E-state index contributed by atoms with van der Waals surface area (Å²) in [4.78, 5) is 0. The molecule has 0 saturated heterocycles. The normalized spacial score (nSPS) is 48.3. The van der Waals surface area contributed by atoms with Gasteiger partial charge in [-0.3, -0.25) is 0 Å². The van der Waals surface area contributed by atoms with Gasteiger partial charge in [-0.15, -0.1) is 0 Å². The molecule has 0 radical (unpaired) electrons. The minimum absolute atomic E-state index is 1.14. The molecule has 0 aromatic heterocycles. The van der Waals surface area contributed by atoms with Gasteiger partial charge in [0.15, 0.2) is 0 Å². The molecule has 2 aliphatic carbocycles. The fourth-order valence-corrected chi connectivity index (χ4v) is 2.82. The second-order valence-electron chi connectivity index (χ2n) is 3.76. The smallest absolute Gasteiger partial charge is 0.0357 e. The third-order valence-electron chi connectivity index (χ3n) is 3.45. The van der Waals surface area contributed by atoms with E-state index in [0.717, 1.165) is 5.92 Å². The molecular weight excluding hydrogens is 108 g/mol. The van der Waals surface area contributed by atoms with E-state index < -0.39 is 0 Å².